The fourth-order valence-corrected chi connectivity index (χ4v) is 1.70. The molecule has 1 rings (SSSR count). The molecule has 68 valence electrons. The summed E-state index contributed by atoms with van der Waals surface area (Å²) in [5.41, 5.74) is 0. The van der Waals surface area contributed by atoms with E-state index in [1.54, 1.807) is 0 Å². The molecule has 0 bridgehead atoms. The van der Waals surface area contributed by atoms with Crippen molar-refractivity contribution in [2.75, 3.05) is 6.54 Å². The van der Waals surface area contributed by atoms with Gasteiger partial charge in [-0.3, -0.25) is 5.32 Å². The Labute approximate surface area is 75.1 Å². The maximum atomic E-state index is 5.29. The van der Waals surface area contributed by atoms with E-state index in [0.717, 1.165) is 6.54 Å². The zero-order chi connectivity index (χ0) is 8.97. The molecule has 1 saturated heterocycles. The van der Waals surface area contributed by atoms with Crippen molar-refractivity contribution in [1.82, 2.24) is 10.6 Å². The molecule has 1 aliphatic heterocycles. The highest BCUT2D eigenvalue weighted by Crippen LogP contribution is 2.08. The smallest absolute Gasteiger partial charge is 0.0660 e. The van der Waals surface area contributed by atoms with Crippen LogP contribution in [0.25, 0.3) is 0 Å². The van der Waals surface area contributed by atoms with E-state index in [-0.39, 0.29) is 6.04 Å². The van der Waals surface area contributed by atoms with E-state index in [2.05, 4.69) is 23.5 Å². The zero-order valence-electron chi connectivity index (χ0n) is 7.93. The molecule has 0 radical (unpaired) electrons. The minimum absolute atomic E-state index is 0.183. The molecule has 1 aliphatic rings. The minimum atomic E-state index is 0.183. The van der Waals surface area contributed by atoms with E-state index in [1.165, 1.54) is 12.8 Å². The summed E-state index contributed by atoms with van der Waals surface area (Å²) < 4.78 is 0. The van der Waals surface area contributed by atoms with Crippen LogP contribution in [0.3, 0.4) is 0 Å². The lowest BCUT2D eigenvalue weighted by atomic mass is 10.1. The molecule has 3 atom stereocenters. The Hall–Kier alpha value is -0.520. The maximum absolute atomic E-state index is 5.29. The molecule has 0 amide bonds. The normalized spacial score (nSPS) is 27.9. The van der Waals surface area contributed by atoms with Crippen molar-refractivity contribution in [2.45, 2.75) is 44.8 Å². The fraction of sp³-hybridized carbons (Fsp3) is 0.800. The molecular weight excluding hydrogens is 148 g/mol. The van der Waals surface area contributed by atoms with Crippen molar-refractivity contribution in [3.05, 3.63) is 0 Å². The highest BCUT2D eigenvalue weighted by Gasteiger charge is 2.20. The zero-order valence-corrected chi connectivity index (χ0v) is 7.93. The van der Waals surface area contributed by atoms with Gasteiger partial charge in [0.05, 0.1) is 6.04 Å². The van der Waals surface area contributed by atoms with Crippen LogP contribution in [0.1, 0.15) is 26.7 Å². The summed E-state index contributed by atoms with van der Waals surface area (Å²) in [6.07, 6.45) is 7.85. The van der Waals surface area contributed by atoms with Crippen LogP contribution >= 0.6 is 0 Å². The summed E-state index contributed by atoms with van der Waals surface area (Å²) in [4.78, 5) is 0. The van der Waals surface area contributed by atoms with Crippen molar-refractivity contribution >= 4 is 0 Å². The van der Waals surface area contributed by atoms with Gasteiger partial charge in [-0.2, -0.15) is 0 Å². The molecule has 0 aliphatic carbocycles. The lowest BCUT2D eigenvalue weighted by Crippen LogP contribution is -2.45. The van der Waals surface area contributed by atoms with Gasteiger partial charge in [-0.1, -0.05) is 5.92 Å². The van der Waals surface area contributed by atoms with Gasteiger partial charge < -0.3 is 5.32 Å². The van der Waals surface area contributed by atoms with Crippen molar-refractivity contribution in [2.24, 2.45) is 0 Å². The molecule has 0 spiro atoms. The van der Waals surface area contributed by atoms with Crippen molar-refractivity contribution in [3.63, 3.8) is 0 Å². The summed E-state index contributed by atoms with van der Waals surface area (Å²) in [5.74, 6) is 2.68. The van der Waals surface area contributed by atoms with Crippen LogP contribution in [0.5, 0.6) is 0 Å². The summed E-state index contributed by atoms with van der Waals surface area (Å²) in [6, 6.07) is 1.28. The number of nitrogens with one attached hydrogen (secondary N) is 2. The average Bonchev–Trinajstić information content (AvgIpc) is 2.56. The van der Waals surface area contributed by atoms with E-state index < -0.39 is 0 Å². The lowest BCUT2D eigenvalue weighted by Gasteiger charge is -2.22. The molecule has 0 aromatic carbocycles. The molecule has 2 N–H and O–H groups in total. The second kappa shape index (κ2) is 4.49. The molecular formula is C10H18N2. The van der Waals surface area contributed by atoms with Gasteiger partial charge in [0.15, 0.2) is 0 Å². The maximum Gasteiger partial charge on any atom is 0.0660 e. The molecule has 0 aromatic rings. The number of hydrogen-bond acceptors (Lipinski definition) is 2. The third-order valence-corrected chi connectivity index (χ3v) is 2.46. The first-order valence-corrected chi connectivity index (χ1v) is 4.69. The van der Waals surface area contributed by atoms with Gasteiger partial charge in [0.2, 0.25) is 0 Å². The number of terminal acetylenes is 1. The van der Waals surface area contributed by atoms with Crippen molar-refractivity contribution < 1.29 is 0 Å². The van der Waals surface area contributed by atoms with E-state index in [9.17, 15) is 0 Å². The Morgan fingerprint density at radius 2 is 2.33 bits per heavy atom. The standard InChI is InChI=1S/C10H18N2/c1-4-8(2)12-9(3)10-6-5-7-11-10/h1,8-12H,5-7H2,2-3H3. The Bertz CT molecular complexity index is 165. The third kappa shape index (κ3) is 2.51. The monoisotopic (exact) mass is 166 g/mol. The first-order chi connectivity index (χ1) is 5.74. The van der Waals surface area contributed by atoms with Crippen LogP contribution in [0.15, 0.2) is 0 Å². The second-order valence-corrected chi connectivity index (χ2v) is 3.55. The Kier molecular flexibility index (Phi) is 3.58. The number of rotatable bonds is 3. The Balaban J connectivity index is 2.27. The molecule has 0 aromatic heterocycles. The van der Waals surface area contributed by atoms with Crippen LogP contribution in [-0.2, 0) is 0 Å². The minimum Gasteiger partial charge on any atom is -0.312 e. The Morgan fingerprint density at radius 1 is 1.58 bits per heavy atom. The molecule has 2 nitrogen and oxygen atoms in total. The van der Waals surface area contributed by atoms with Crippen molar-refractivity contribution in [1.29, 1.82) is 0 Å². The van der Waals surface area contributed by atoms with Gasteiger partial charge in [-0.05, 0) is 33.2 Å². The summed E-state index contributed by atoms with van der Waals surface area (Å²) in [7, 11) is 0. The molecule has 3 unspecified atom stereocenters. The average molecular weight is 166 g/mol. The van der Waals surface area contributed by atoms with Gasteiger partial charge in [0.25, 0.3) is 0 Å². The van der Waals surface area contributed by atoms with E-state index in [4.69, 9.17) is 6.42 Å². The van der Waals surface area contributed by atoms with Gasteiger partial charge in [0.1, 0.15) is 0 Å². The summed E-state index contributed by atoms with van der Waals surface area (Å²) >= 11 is 0. The molecule has 12 heavy (non-hydrogen) atoms. The van der Waals surface area contributed by atoms with Gasteiger partial charge in [-0.15, -0.1) is 6.42 Å². The number of hydrogen-bond donors (Lipinski definition) is 2. The molecule has 0 saturated carbocycles. The van der Waals surface area contributed by atoms with E-state index in [0.29, 0.717) is 12.1 Å². The van der Waals surface area contributed by atoms with E-state index >= 15 is 0 Å². The second-order valence-electron chi connectivity index (χ2n) is 3.55. The predicted molar refractivity (Wildman–Crippen MR) is 51.9 cm³/mol. The fourth-order valence-electron chi connectivity index (χ4n) is 1.70. The topological polar surface area (TPSA) is 24.1 Å². The first-order valence-electron chi connectivity index (χ1n) is 4.69. The Morgan fingerprint density at radius 3 is 2.83 bits per heavy atom. The van der Waals surface area contributed by atoms with Crippen LogP contribution < -0.4 is 10.6 Å². The largest absolute Gasteiger partial charge is 0.312 e. The highest BCUT2D eigenvalue weighted by molar-refractivity contribution is 4.98. The van der Waals surface area contributed by atoms with Crippen LogP contribution in [0, 0.1) is 12.3 Å². The SMILES string of the molecule is C#CC(C)NC(C)C1CCCN1. The quantitative estimate of drug-likeness (QED) is 0.604. The predicted octanol–water partition coefficient (Wildman–Crippen LogP) is 0.738. The molecule has 1 heterocycles. The van der Waals surface area contributed by atoms with Gasteiger partial charge in [0, 0.05) is 12.1 Å². The van der Waals surface area contributed by atoms with Crippen LogP contribution in [0.4, 0.5) is 0 Å². The summed E-state index contributed by atoms with van der Waals surface area (Å²) in [5, 5.41) is 6.83. The van der Waals surface area contributed by atoms with E-state index in [1.807, 2.05) is 6.92 Å². The van der Waals surface area contributed by atoms with Gasteiger partial charge >= 0.3 is 0 Å². The van der Waals surface area contributed by atoms with Gasteiger partial charge in [-0.25, -0.2) is 0 Å². The molecule has 2 heteroatoms. The van der Waals surface area contributed by atoms with Crippen LogP contribution in [0.2, 0.25) is 0 Å². The van der Waals surface area contributed by atoms with Crippen LogP contribution in [-0.4, -0.2) is 24.7 Å². The first kappa shape index (κ1) is 9.57. The summed E-state index contributed by atoms with van der Waals surface area (Å²) in [6.45, 7) is 5.36. The van der Waals surface area contributed by atoms with Crippen molar-refractivity contribution in [3.8, 4) is 12.3 Å². The highest BCUT2D eigenvalue weighted by atomic mass is 15.0. The third-order valence-electron chi connectivity index (χ3n) is 2.46. The lowest BCUT2D eigenvalue weighted by molar-refractivity contribution is 0.415. The molecule has 1 fully saturated rings.